The molecular weight excluding hydrogens is 376 g/mol. The molecule has 0 aliphatic carbocycles. The van der Waals surface area contributed by atoms with Crippen molar-refractivity contribution in [2.24, 2.45) is 4.36 Å². The molecule has 1 aromatic heterocycles. The Morgan fingerprint density at radius 2 is 2.22 bits per heavy atom. The lowest BCUT2D eigenvalue weighted by Gasteiger charge is -2.46. The van der Waals surface area contributed by atoms with Crippen molar-refractivity contribution in [2.75, 3.05) is 36.1 Å². The number of rotatable bonds is 3. The molecule has 0 bridgehead atoms. The molecule has 2 fully saturated rings. The van der Waals surface area contributed by atoms with Crippen LogP contribution in [0, 0.1) is 10.1 Å². The third-order valence-electron chi connectivity index (χ3n) is 4.91. The summed E-state index contributed by atoms with van der Waals surface area (Å²) in [5.41, 5.74) is -0.316. The van der Waals surface area contributed by atoms with E-state index in [0.717, 1.165) is 0 Å². The molecule has 0 saturated carbocycles. The van der Waals surface area contributed by atoms with E-state index in [9.17, 15) is 24.2 Å². The first-order chi connectivity index (χ1) is 12.8. The maximum atomic E-state index is 12.6. The highest BCUT2D eigenvalue weighted by Crippen LogP contribution is 2.34. The highest BCUT2D eigenvalue weighted by atomic mass is 32.2. The van der Waals surface area contributed by atoms with Gasteiger partial charge in [0.15, 0.2) is 0 Å². The Kier molecular flexibility index (Phi) is 5.45. The molecule has 2 aliphatic rings. The molecule has 10 nitrogen and oxygen atoms in total. The van der Waals surface area contributed by atoms with Gasteiger partial charge < -0.3 is 14.7 Å². The Morgan fingerprint density at radius 3 is 2.81 bits per heavy atom. The maximum absolute atomic E-state index is 12.6. The summed E-state index contributed by atoms with van der Waals surface area (Å²) in [5.74, 6) is 0.650. The molecule has 3 rings (SSSR count). The van der Waals surface area contributed by atoms with E-state index in [4.69, 9.17) is 4.74 Å². The normalized spacial score (nSPS) is 28.1. The summed E-state index contributed by atoms with van der Waals surface area (Å²) in [7, 11) is -2.53. The van der Waals surface area contributed by atoms with E-state index in [1.54, 1.807) is 0 Å². The smallest absolute Gasteiger partial charge is 0.288 e. The van der Waals surface area contributed by atoms with Gasteiger partial charge in [0, 0.05) is 43.1 Å². The number of pyridine rings is 1. The van der Waals surface area contributed by atoms with Crippen LogP contribution in [0.3, 0.4) is 0 Å². The topological polar surface area (TPSA) is 135 Å². The largest absolute Gasteiger partial charge is 0.392 e. The van der Waals surface area contributed by atoms with E-state index in [-0.39, 0.29) is 12.3 Å². The van der Waals surface area contributed by atoms with Crippen molar-refractivity contribution in [3.05, 3.63) is 27.9 Å². The number of hydrogen-bond acceptors (Lipinski definition) is 8. The van der Waals surface area contributed by atoms with Crippen LogP contribution in [-0.2, 0) is 25.9 Å². The second-order valence-corrected chi connectivity index (χ2v) is 9.38. The lowest BCUT2D eigenvalue weighted by Crippen LogP contribution is -2.55. The number of aliphatic hydroxyl groups is 1. The van der Waals surface area contributed by atoms with Crippen LogP contribution in [-0.4, -0.2) is 61.9 Å². The van der Waals surface area contributed by atoms with E-state index >= 15 is 0 Å². The van der Waals surface area contributed by atoms with Gasteiger partial charge in [0.1, 0.15) is 12.0 Å². The van der Waals surface area contributed by atoms with Gasteiger partial charge in [0.05, 0.1) is 33.5 Å². The Balaban J connectivity index is 1.80. The third-order valence-corrected chi connectivity index (χ3v) is 7.18. The fraction of sp³-hybridized carbons (Fsp3) is 0.625. The SMILES string of the molecule is CC(=O)N=S1(=O)CCC2(CC1)CN(c1ncc([N+](=O)[O-])cc1CO)CCO2. The summed E-state index contributed by atoms with van der Waals surface area (Å²) in [6.45, 7) is 2.37. The van der Waals surface area contributed by atoms with Crippen LogP contribution in [0.5, 0.6) is 0 Å². The zero-order chi connectivity index (χ0) is 19.7. The second-order valence-electron chi connectivity index (χ2n) is 6.84. The molecule has 2 aliphatic heterocycles. The monoisotopic (exact) mass is 398 g/mol. The summed E-state index contributed by atoms with van der Waals surface area (Å²) in [5, 5.41) is 20.5. The van der Waals surface area contributed by atoms with Crippen LogP contribution in [0.15, 0.2) is 16.6 Å². The van der Waals surface area contributed by atoms with E-state index in [0.29, 0.717) is 55.4 Å². The number of carbonyl (C=O) groups is 1. The summed E-state index contributed by atoms with van der Waals surface area (Å²) in [6.07, 6.45) is 2.18. The summed E-state index contributed by atoms with van der Waals surface area (Å²) >= 11 is 0. The third kappa shape index (κ3) is 4.25. The quantitative estimate of drug-likeness (QED) is 0.585. The van der Waals surface area contributed by atoms with Gasteiger partial charge in [-0.1, -0.05) is 0 Å². The summed E-state index contributed by atoms with van der Waals surface area (Å²) in [4.78, 5) is 27.7. The van der Waals surface area contributed by atoms with Crippen LogP contribution < -0.4 is 4.90 Å². The first-order valence-corrected chi connectivity index (χ1v) is 10.5. The number of anilines is 1. The fourth-order valence-corrected chi connectivity index (χ4v) is 5.80. The molecule has 2 saturated heterocycles. The van der Waals surface area contributed by atoms with Crippen molar-refractivity contribution < 1.29 is 23.8 Å². The van der Waals surface area contributed by atoms with Crippen LogP contribution in [0.4, 0.5) is 11.5 Å². The van der Waals surface area contributed by atoms with Crippen molar-refractivity contribution in [3.8, 4) is 0 Å². The van der Waals surface area contributed by atoms with E-state index in [2.05, 4.69) is 9.35 Å². The number of aliphatic hydroxyl groups excluding tert-OH is 1. The van der Waals surface area contributed by atoms with Crippen molar-refractivity contribution in [1.82, 2.24) is 4.98 Å². The molecule has 0 aromatic carbocycles. The van der Waals surface area contributed by atoms with E-state index < -0.39 is 26.2 Å². The molecule has 27 heavy (non-hydrogen) atoms. The molecule has 0 radical (unpaired) electrons. The zero-order valence-electron chi connectivity index (χ0n) is 15.0. The molecule has 0 unspecified atom stereocenters. The number of nitrogens with zero attached hydrogens (tertiary/aromatic N) is 4. The number of morpholine rings is 1. The molecular formula is C16H22N4O6S. The molecule has 148 valence electrons. The lowest BCUT2D eigenvalue weighted by atomic mass is 9.94. The Hall–Kier alpha value is -2.11. The minimum Gasteiger partial charge on any atom is -0.392 e. The van der Waals surface area contributed by atoms with Gasteiger partial charge in [0.2, 0.25) is 0 Å². The van der Waals surface area contributed by atoms with Gasteiger partial charge in [-0.25, -0.2) is 9.19 Å². The lowest BCUT2D eigenvalue weighted by molar-refractivity contribution is -0.385. The molecule has 0 atom stereocenters. The first-order valence-electron chi connectivity index (χ1n) is 8.62. The molecule has 1 spiro atoms. The van der Waals surface area contributed by atoms with Crippen molar-refractivity contribution in [2.45, 2.75) is 32.0 Å². The van der Waals surface area contributed by atoms with Crippen LogP contribution in [0.25, 0.3) is 0 Å². The number of ether oxygens (including phenoxy) is 1. The Morgan fingerprint density at radius 1 is 1.52 bits per heavy atom. The van der Waals surface area contributed by atoms with Gasteiger partial charge in [-0.05, 0) is 12.8 Å². The summed E-state index contributed by atoms with van der Waals surface area (Å²) < 4.78 is 22.4. The summed E-state index contributed by atoms with van der Waals surface area (Å²) in [6, 6.07) is 1.32. The van der Waals surface area contributed by atoms with Crippen molar-refractivity contribution >= 4 is 27.1 Å². The van der Waals surface area contributed by atoms with Crippen LogP contribution in [0.2, 0.25) is 0 Å². The zero-order valence-corrected chi connectivity index (χ0v) is 15.8. The fourth-order valence-electron chi connectivity index (χ4n) is 3.56. The highest BCUT2D eigenvalue weighted by molar-refractivity contribution is 7.93. The van der Waals surface area contributed by atoms with Gasteiger partial charge in [-0.3, -0.25) is 14.9 Å². The second kappa shape index (κ2) is 7.49. The van der Waals surface area contributed by atoms with Crippen LogP contribution in [0.1, 0.15) is 25.3 Å². The number of hydrogen-bond donors (Lipinski definition) is 1. The number of amides is 1. The van der Waals surface area contributed by atoms with E-state index in [1.807, 2.05) is 4.90 Å². The predicted octanol–water partition coefficient (Wildman–Crippen LogP) is 0.866. The first kappa shape index (κ1) is 19.6. The van der Waals surface area contributed by atoms with Gasteiger partial charge >= 0.3 is 0 Å². The Labute approximate surface area is 156 Å². The van der Waals surface area contributed by atoms with Gasteiger partial charge in [0.25, 0.3) is 11.6 Å². The van der Waals surface area contributed by atoms with Crippen LogP contribution >= 0.6 is 0 Å². The molecule has 1 aromatic rings. The number of carbonyl (C=O) groups excluding carboxylic acids is 1. The number of nitro groups is 1. The molecule has 1 N–H and O–H groups in total. The minimum atomic E-state index is -2.53. The highest BCUT2D eigenvalue weighted by Gasteiger charge is 2.42. The van der Waals surface area contributed by atoms with Crippen molar-refractivity contribution in [3.63, 3.8) is 0 Å². The maximum Gasteiger partial charge on any atom is 0.288 e. The number of aromatic nitrogens is 1. The minimum absolute atomic E-state index is 0.172. The predicted molar refractivity (Wildman–Crippen MR) is 97.9 cm³/mol. The Bertz CT molecular complexity index is 866. The standard InChI is InChI=1S/C16H22N4O6S/c1-12(22)18-27(25)6-2-16(3-7-27)11-19(4-5-26-16)15-13(10-21)8-14(9-17-15)20(23)24/h8-9,21H,2-7,10-11H2,1H3. The van der Waals surface area contributed by atoms with Gasteiger partial charge in [-0.2, -0.15) is 4.36 Å². The average molecular weight is 398 g/mol. The molecule has 3 heterocycles. The molecule has 1 amide bonds. The van der Waals surface area contributed by atoms with E-state index in [1.165, 1.54) is 19.2 Å². The van der Waals surface area contributed by atoms with Crippen molar-refractivity contribution in [1.29, 1.82) is 0 Å². The average Bonchev–Trinajstić information content (AvgIpc) is 2.63. The van der Waals surface area contributed by atoms with Gasteiger partial charge in [-0.15, -0.1) is 0 Å². The molecule has 11 heteroatoms.